The first kappa shape index (κ1) is 19.8. The number of para-hydroxylation sites is 1. The minimum absolute atomic E-state index is 0.148. The van der Waals surface area contributed by atoms with Crippen LogP contribution in [0.25, 0.3) is 0 Å². The Morgan fingerprint density at radius 3 is 2.23 bits per heavy atom. The summed E-state index contributed by atoms with van der Waals surface area (Å²) in [7, 11) is -3.64. The molecule has 0 aliphatic heterocycles. The summed E-state index contributed by atoms with van der Waals surface area (Å²) in [5.74, 6) is -2.48. The fraction of sp³-hybridized carbons (Fsp3) is 0.278. The quantitative estimate of drug-likeness (QED) is 0.833. The third-order valence-electron chi connectivity index (χ3n) is 4.01. The van der Waals surface area contributed by atoms with Gasteiger partial charge in [0.15, 0.2) is 0 Å². The molecule has 0 atom stereocenters. The Kier molecular flexibility index (Phi) is 5.97. The maximum atomic E-state index is 13.6. The molecule has 0 fully saturated rings. The van der Waals surface area contributed by atoms with E-state index in [2.05, 4.69) is 5.32 Å². The number of halogens is 2. The number of rotatable bonds is 6. The number of hydrogen-bond acceptors (Lipinski definition) is 3. The maximum absolute atomic E-state index is 13.6. The topological polar surface area (TPSA) is 66.5 Å². The van der Waals surface area contributed by atoms with Crippen molar-refractivity contribution in [3.8, 4) is 0 Å². The molecule has 5 nitrogen and oxygen atoms in total. The summed E-state index contributed by atoms with van der Waals surface area (Å²) in [6.07, 6.45) is 0.789. The molecule has 0 radical (unpaired) electrons. The highest BCUT2D eigenvalue weighted by Crippen LogP contribution is 2.25. The lowest BCUT2D eigenvalue weighted by Crippen LogP contribution is -2.33. The summed E-state index contributed by atoms with van der Waals surface area (Å²) in [5.41, 5.74) is 1.61. The minimum Gasteiger partial charge on any atom is -0.321 e. The second-order valence-electron chi connectivity index (χ2n) is 5.95. The Hall–Kier alpha value is -2.48. The standard InChI is InChI=1S/C18H20F2N2O3S/c1-12-6-4-9-16(13(12)2)22(26(3,24)25)11-10-17(23)21-18-14(19)7-5-8-15(18)20/h4-9H,10-11H2,1-3H3,(H,21,23). The predicted octanol–water partition coefficient (Wildman–Crippen LogP) is 3.38. The molecule has 0 aliphatic rings. The largest absolute Gasteiger partial charge is 0.321 e. The van der Waals surface area contributed by atoms with Crippen LogP contribution in [-0.2, 0) is 14.8 Å². The van der Waals surface area contributed by atoms with E-state index in [9.17, 15) is 22.0 Å². The van der Waals surface area contributed by atoms with Crippen molar-refractivity contribution in [1.29, 1.82) is 0 Å². The molecule has 0 aromatic heterocycles. The van der Waals surface area contributed by atoms with E-state index in [-0.39, 0.29) is 13.0 Å². The molecule has 0 aliphatic carbocycles. The first-order valence-corrected chi connectivity index (χ1v) is 9.74. The molecule has 0 saturated heterocycles. The molecule has 2 aromatic carbocycles. The number of sulfonamides is 1. The Morgan fingerprint density at radius 2 is 1.65 bits per heavy atom. The average molecular weight is 382 g/mol. The van der Waals surface area contributed by atoms with E-state index in [0.29, 0.717) is 5.69 Å². The van der Waals surface area contributed by atoms with Crippen molar-refractivity contribution in [2.24, 2.45) is 0 Å². The van der Waals surface area contributed by atoms with Gasteiger partial charge in [0, 0.05) is 13.0 Å². The molecular weight excluding hydrogens is 362 g/mol. The van der Waals surface area contributed by atoms with Crippen molar-refractivity contribution in [2.75, 3.05) is 22.4 Å². The van der Waals surface area contributed by atoms with Crippen LogP contribution >= 0.6 is 0 Å². The predicted molar refractivity (Wildman–Crippen MR) is 97.7 cm³/mol. The maximum Gasteiger partial charge on any atom is 0.232 e. The van der Waals surface area contributed by atoms with Crippen molar-refractivity contribution in [3.63, 3.8) is 0 Å². The highest BCUT2D eigenvalue weighted by molar-refractivity contribution is 7.92. The SMILES string of the molecule is Cc1cccc(N(CCC(=O)Nc2c(F)cccc2F)S(C)(=O)=O)c1C. The van der Waals surface area contributed by atoms with E-state index >= 15 is 0 Å². The molecule has 0 saturated carbocycles. The van der Waals surface area contributed by atoms with Gasteiger partial charge in [0.1, 0.15) is 17.3 Å². The second kappa shape index (κ2) is 7.82. The zero-order chi connectivity index (χ0) is 19.5. The molecule has 0 unspecified atom stereocenters. The summed E-state index contributed by atoms with van der Waals surface area (Å²) in [4.78, 5) is 12.1. The molecule has 140 valence electrons. The molecular formula is C18H20F2N2O3S. The van der Waals surface area contributed by atoms with Crippen LogP contribution < -0.4 is 9.62 Å². The summed E-state index contributed by atoms with van der Waals surface area (Å²) < 4.78 is 52.6. The zero-order valence-electron chi connectivity index (χ0n) is 14.7. The van der Waals surface area contributed by atoms with Crippen LogP contribution in [0.4, 0.5) is 20.2 Å². The number of benzene rings is 2. The molecule has 0 spiro atoms. The van der Waals surface area contributed by atoms with Gasteiger partial charge in [-0.2, -0.15) is 0 Å². The number of anilines is 2. The number of hydrogen-bond donors (Lipinski definition) is 1. The van der Waals surface area contributed by atoms with E-state index in [1.54, 1.807) is 19.1 Å². The van der Waals surface area contributed by atoms with Gasteiger partial charge in [0.25, 0.3) is 0 Å². The zero-order valence-corrected chi connectivity index (χ0v) is 15.5. The fourth-order valence-electron chi connectivity index (χ4n) is 2.49. The molecule has 2 aromatic rings. The van der Waals surface area contributed by atoms with Gasteiger partial charge in [-0.3, -0.25) is 9.10 Å². The van der Waals surface area contributed by atoms with Crippen LogP contribution in [0.1, 0.15) is 17.5 Å². The fourth-order valence-corrected chi connectivity index (χ4v) is 3.47. The highest BCUT2D eigenvalue weighted by Gasteiger charge is 2.21. The second-order valence-corrected chi connectivity index (χ2v) is 7.86. The van der Waals surface area contributed by atoms with Gasteiger partial charge in [-0.05, 0) is 43.2 Å². The monoisotopic (exact) mass is 382 g/mol. The van der Waals surface area contributed by atoms with Gasteiger partial charge in [0.05, 0.1) is 11.9 Å². The Morgan fingerprint density at radius 1 is 1.08 bits per heavy atom. The van der Waals surface area contributed by atoms with E-state index in [0.717, 1.165) is 33.8 Å². The van der Waals surface area contributed by atoms with Crippen molar-refractivity contribution < 1.29 is 22.0 Å². The van der Waals surface area contributed by atoms with E-state index < -0.39 is 33.3 Å². The summed E-state index contributed by atoms with van der Waals surface area (Å²) >= 11 is 0. The lowest BCUT2D eigenvalue weighted by atomic mass is 10.1. The molecule has 0 bridgehead atoms. The summed E-state index contributed by atoms with van der Waals surface area (Å²) in [5, 5.41) is 2.15. The third kappa shape index (κ3) is 4.57. The van der Waals surface area contributed by atoms with Crippen molar-refractivity contribution in [3.05, 3.63) is 59.2 Å². The molecule has 8 heteroatoms. The number of nitrogens with one attached hydrogen (secondary N) is 1. The van der Waals surface area contributed by atoms with Crippen molar-refractivity contribution in [1.82, 2.24) is 0 Å². The Labute approximate surface area is 151 Å². The molecule has 26 heavy (non-hydrogen) atoms. The van der Waals surface area contributed by atoms with Gasteiger partial charge >= 0.3 is 0 Å². The summed E-state index contributed by atoms with van der Waals surface area (Å²) in [6.45, 7) is 3.50. The van der Waals surface area contributed by atoms with Crippen LogP contribution in [-0.4, -0.2) is 27.1 Å². The van der Waals surface area contributed by atoms with Gasteiger partial charge in [-0.1, -0.05) is 18.2 Å². The minimum atomic E-state index is -3.64. The van der Waals surface area contributed by atoms with Crippen LogP contribution in [0, 0.1) is 25.5 Å². The Bertz CT molecular complexity index is 910. The van der Waals surface area contributed by atoms with E-state index in [1.807, 2.05) is 13.0 Å². The Balaban J connectivity index is 2.18. The number of nitrogens with zero attached hydrogens (tertiary/aromatic N) is 1. The van der Waals surface area contributed by atoms with E-state index in [1.165, 1.54) is 6.07 Å². The molecule has 1 N–H and O–H groups in total. The van der Waals surface area contributed by atoms with Crippen LogP contribution in [0.15, 0.2) is 36.4 Å². The third-order valence-corrected chi connectivity index (χ3v) is 5.19. The van der Waals surface area contributed by atoms with Gasteiger partial charge in [-0.25, -0.2) is 17.2 Å². The van der Waals surface area contributed by atoms with Crippen LogP contribution in [0.3, 0.4) is 0 Å². The lowest BCUT2D eigenvalue weighted by molar-refractivity contribution is -0.116. The van der Waals surface area contributed by atoms with Crippen molar-refractivity contribution >= 4 is 27.3 Å². The number of carbonyl (C=O) groups excluding carboxylic acids is 1. The van der Waals surface area contributed by atoms with Gasteiger partial charge in [0.2, 0.25) is 15.9 Å². The number of carbonyl (C=O) groups is 1. The number of amides is 1. The van der Waals surface area contributed by atoms with Gasteiger partial charge in [-0.15, -0.1) is 0 Å². The first-order chi connectivity index (χ1) is 12.1. The highest BCUT2D eigenvalue weighted by atomic mass is 32.2. The van der Waals surface area contributed by atoms with E-state index in [4.69, 9.17) is 0 Å². The molecule has 1 amide bonds. The number of aryl methyl sites for hydroxylation is 1. The normalized spacial score (nSPS) is 11.3. The lowest BCUT2D eigenvalue weighted by Gasteiger charge is -2.24. The van der Waals surface area contributed by atoms with Crippen LogP contribution in [0.5, 0.6) is 0 Å². The van der Waals surface area contributed by atoms with Gasteiger partial charge < -0.3 is 5.32 Å². The van der Waals surface area contributed by atoms with Crippen molar-refractivity contribution in [2.45, 2.75) is 20.3 Å². The average Bonchev–Trinajstić information content (AvgIpc) is 2.54. The molecule has 0 heterocycles. The molecule has 2 rings (SSSR count). The van der Waals surface area contributed by atoms with Crippen LogP contribution in [0.2, 0.25) is 0 Å². The summed E-state index contributed by atoms with van der Waals surface area (Å²) in [6, 6.07) is 8.47. The first-order valence-electron chi connectivity index (χ1n) is 7.89. The smallest absolute Gasteiger partial charge is 0.232 e.